The van der Waals surface area contributed by atoms with Crippen molar-refractivity contribution in [3.05, 3.63) is 28.5 Å². The van der Waals surface area contributed by atoms with Crippen LogP contribution in [0.5, 0.6) is 0 Å². The van der Waals surface area contributed by atoms with Crippen LogP contribution >= 0.6 is 11.6 Å². The maximum absolute atomic E-state index is 11.8. The molecule has 1 rings (SSSR count). The molecule has 0 bridgehead atoms. The number of pyridine rings is 1. The quantitative estimate of drug-likeness (QED) is 0.603. The number of carbonyl (C=O) groups is 2. The number of rotatable bonds is 1. The van der Waals surface area contributed by atoms with Gasteiger partial charge >= 0.3 is 0 Å². The predicted octanol–water partition coefficient (Wildman–Crippen LogP) is 1.81. The van der Waals surface area contributed by atoms with Gasteiger partial charge in [-0.3, -0.25) is 20.4 Å². The predicted molar refractivity (Wildman–Crippen MR) is 69.2 cm³/mol. The zero-order chi connectivity index (χ0) is 13.9. The van der Waals surface area contributed by atoms with Gasteiger partial charge in [-0.05, 0) is 12.1 Å². The van der Waals surface area contributed by atoms with Crippen molar-refractivity contribution in [1.82, 2.24) is 15.8 Å². The molecule has 0 aliphatic heterocycles. The first kappa shape index (κ1) is 14.4. The van der Waals surface area contributed by atoms with E-state index >= 15 is 0 Å². The highest BCUT2D eigenvalue weighted by atomic mass is 35.5. The van der Waals surface area contributed by atoms with Gasteiger partial charge < -0.3 is 0 Å². The van der Waals surface area contributed by atoms with Gasteiger partial charge in [0.2, 0.25) is 5.91 Å². The summed E-state index contributed by atoms with van der Waals surface area (Å²) >= 11 is 5.88. The lowest BCUT2D eigenvalue weighted by Crippen LogP contribution is -2.40. The lowest BCUT2D eigenvalue weighted by atomic mass is 9.91. The molecule has 0 fully saturated rings. The molecule has 6 heteroatoms. The Morgan fingerprint density at radius 1 is 1.22 bits per heavy atom. The summed E-state index contributed by atoms with van der Waals surface area (Å²) < 4.78 is 0. The molecular weight excluding hydrogens is 254 g/mol. The van der Waals surface area contributed by atoms with Gasteiger partial charge in [-0.15, -0.1) is 0 Å². The number of amides is 2. The average molecular weight is 270 g/mol. The van der Waals surface area contributed by atoms with Crippen LogP contribution in [0.15, 0.2) is 12.1 Å². The molecule has 0 atom stereocenters. The Bertz CT molecular complexity index is 481. The molecule has 18 heavy (non-hydrogen) atoms. The summed E-state index contributed by atoms with van der Waals surface area (Å²) in [6.07, 6.45) is 0. The largest absolute Gasteiger partial charge is 0.274 e. The molecule has 0 saturated carbocycles. The lowest BCUT2D eigenvalue weighted by Gasteiger charge is -2.18. The maximum atomic E-state index is 11.8. The second-order valence-electron chi connectivity index (χ2n) is 4.95. The molecule has 0 aliphatic carbocycles. The molecule has 0 saturated heterocycles. The molecule has 98 valence electrons. The van der Waals surface area contributed by atoms with E-state index in [4.69, 9.17) is 11.6 Å². The highest BCUT2D eigenvalue weighted by Crippen LogP contribution is 2.23. The fraction of sp³-hybridized carbons (Fsp3) is 0.417. The number of hydrogen-bond acceptors (Lipinski definition) is 3. The van der Waals surface area contributed by atoms with Crippen molar-refractivity contribution in [1.29, 1.82) is 0 Å². The van der Waals surface area contributed by atoms with Crippen molar-refractivity contribution in [3.8, 4) is 0 Å². The molecular formula is C12H16ClN3O2. The van der Waals surface area contributed by atoms with E-state index in [1.807, 2.05) is 20.8 Å². The van der Waals surface area contributed by atoms with Gasteiger partial charge in [0.15, 0.2) is 0 Å². The average Bonchev–Trinajstić information content (AvgIpc) is 2.23. The van der Waals surface area contributed by atoms with Crippen molar-refractivity contribution >= 4 is 23.4 Å². The summed E-state index contributed by atoms with van der Waals surface area (Å²) in [5, 5.41) is 0.246. The number of nitrogens with zero attached hydrogens (tertiary/aromatic N) is 1. The first-order valence-electron chi connectivity index (χ1n) is 5.45. The van der Waals surface area contributed by atoms with Crippen LogP contribution in [-0.4, -0.2) is 16.8 Å². The van der Waals surface area contributed by atoms with Crippen LogP contribution in [0.3, 0.4) is 0 Å². The molecule has 0 aromatic carbocycles. The van der Waals surface area contributed by atoms with Crippen LogP contribution in [0.2, 0.25) is 5.15 Å². The molecule has 2 amide bonds. The number of aromatic nitrogens is 1. The van der Waals surface area contributed by atoms with E-state index in [1.165, 1.54) is 13.0 Å². The summed E-state index contributed by atoms with van der Waals surface area (Å²) in [7, 11) is 0. The molecule has 0 unspecified atom stereocenters. The van der Waals surface area contributed by atoms with Gasteiger partial charge in [0.25, 0.3) is 5.91 Å². The van der Waals surface area contributed by atoms with Crippen molar-refractivity contribution in [2.75, 3.05) is 0 Å². The molecule has 2 N–H and O–H groups in total. The Labute approximate surface area is 111 Å². The van der Waals surface area contributed by atoms with Gasteiger partial charge in [-0.25, -0.2) is 4.98 Å². The van der Waals surface area contributed by atoms with Gasteiger partial charge in [0.1, 0.15) is 5.15 Å². The van der Waals surface area contributed by atoms with Crippen molar-refractivity contribution in [3.63, 3.8) is 0 Å². The standard InChI is InChI=1S/C12H16ClN3O2/c1-7(17)15-16-11(18)8-5-9(12(2,3)4)14-10(13)6-8/h5-6H,1-4H3,(H,15,17)(H,16,18). The Kier molecular flexibility index (Phi) is 4.29. The summed E-state index contributed by atoms with van der Waals surface area (Å²) in [6.45, 7) is 7.23. The zero-order valence-corrected chi connectivity index (χ0v) is 11.6. The van der Waals surface area contributed by atoms with Gasteiger partial charge in [0, 0.05) is 23.6 Å². The Morgan fingerprint density at radius 2 is 1.83 bits per heavy atom. The normalized spacial score (nSPS) is 10.9. The minimum absolute atomic E-state index is 0.214. The Hall–Kier alpha value is -1.62. The third kappa shape index (κ3) is 4.00. The first-order valence-corrected chi connectivity index (χ1v) is 5.83. The molecule has 0 aliphatic rings. The molecule has 0 spiro atoms. The molecule has 0 radical (unpaired) electrons. The lowest BCUT2D eigenvalue weighted by molar-refractivity contribution is -0.119. The number of nitrogens with one attached hydrogen (secondary N) is 2. The summed E-state index contributed by atoms with van der Waals surface area (Å²) in [4.78, 5) is 26.7. The van der Waals surface area contributed by atoms with Gasteiger partial charge in [-0.2, -0.15) is 0 Å². The molecule has 5 nitrogen and oxygen atoms in total. The third-order valence-electron chi connectivity index (χ3n) is 2.18. The summed E-state index contributed by atoms with van der Waals surface area (Å²) in [6, 6.07) is 3.11. The second-order valence-corrected chi connectivity index (χ2v) is 5.34. The van der Waals surface area contributed by atoms with Crippen molar-refractivity contribution in [2.24, 2.45) is 0 Å². The number of carbonyl (C=O) groups excluding carboxylic acids is 2. The monoisotopic (exact) mass is 269 g/mol. The third-order valence-corrected chi connectivity index (χ3v) is 2.37. The van der Waals surface area contributed by atoms with E-state index in [2.05, 4.69) is 15.8 Å². The molecule has 1 aromatic heterocycles. The van der Waals surface area contributed by atoms with Crippen molar-refractivity contribution < 1.29 is 9.59 Å². The molecule has 1 heterocycles. The van der Waals surface area contributed by atoms with Crippen LogP contribution in [0.4, 0.5) is 0 Å². The fourth-order valence-electron chi connectivity index (χ4n) is 1.23. The number of halogens is 1. The van der Waals surface area contributed by atoms with Crippen LogP contribution in [-0.2, 0) is 10.2 Å². The minimum atomic E-state index is -0.431. The SMILES string of the molecule is CC(=O)NNC(=O)c1cc(Cl)nc(C(C)(C)C)c1. The molecule has 1 aromatic rings. The van der Waals surface area contributed by atoms with Crippen LogP contribution in [0.25, 0.3) is 0 Å². The zero-order valence-electron chi connectivity index (χ0n) is 10.8. The van der Waals surface area contributed by atoms with E-state index in [-0.39, 0.29) is 16.5 Å². The second kappa shape index (κ2) is 5.35. The highest BCUT2D eigenvalue weighted by Gasteiger charge is 2.18. The Balaban J connectivity index is 2.99. The van der Waals surface area contributed by atoms with Crippen molar-refractivity contribution in [2.45, 2.75) is 33.1 Å². The van der Waals surface area contributed by atoms with E-state index in [1.54, 1.807) is 6.07 Å². The Morgan fingerprint density at radius 3 is 2.33 bits per heavy atom. The summed E-state index contributed by atoms with van der Waals surface area (Å²) in [5.74, 6) is -0.778. The fourth-order valence-corrected chi connectivity index (χ4v) is 1.44. The van der Waals surface area contributed by atoms with E-state index in [0.29, 0.717) is 11.3 Å². The first-order chi connectivity index (χ1) is 8.20. The minimum Gasteiger partial charge on any atom is -0.274 e. The van der Waals surface area contributed by atoms with Gasteiger partial charge in [0.05, 0.1) is 0 Å². The maximum Gasteiger partial charge on any atom is 0.269 e. The van der Waals surface area contributed by atoms with Crippen LogP contribution in [0.1, 0.15) is 43.7 Å². The van der Waals surface area contributed by atoms with E-state index in [9.17, 15) is 9.59 Å². The van der Waals surface area contributed by atoms with E-state index in [0.717, 1.165) is 0 Å². The smallest absolute Gasteiger partial charge is 0.269 e. The van der Waals surface area contributed by atoms with Gasteiger partial charge in [-0.1, -0.05) is 32.4 Å². The highest BCUT2D eigenvalue weighted by molar-refractivity contribution is 6.29. The summed E-state index contributed by atoms with van der Waals surface area (Å²) in [5.41, 5.74) is 5.35. The van der Waals surface area contributed by atoms with Crippen LogP contribution in [0, 0.1) is 0 Å². The number of hydrogen-bond donors (Lipinski definition) is 2. The van der Waals surface area contributed by atoms with Crippen LogP contribution < -0.4 is 10.9 Å². The van der Waals surface area contributed by atoms with E-state index < -0.39 is 5.91 Å². The topological polar surface area (TPSA) is 71.1 Å². The number of hydrazine groups is 1.